The van der Waals surface area contributed by atoms with Gasteiger partial charge in [-0.1, -0.05) is 36.4 Å². The maximum atomic E-state index is 14.5. The van der Waals surface area contributed by atoms with Crippen LogP contribution in [-0.2, 0) is 28.0 Å². The highest BCUT2D eigenvalue weighted by molar-refractivity contribution is 5.90. The predicted octanol–water partition coefficient (Wildman–Crippen LogP) is 3.76. The van der Waals surface area contributed by atoms with Gasteiger partial charge >= 0.3 is 0 Å². The Morgan fingerprint density at radius 3 is 2.76 bits per heavy atom. The van der Waals surface area contributed by atoms with E-state index in [1.165, 1.54) is 0 Å². The molecule has 1 spiro atoms. The number of phenols is 1. The van der Waals surface area contributed by atoms with Crippen LogP contribution in [0.2, 0.25) is 0 Å². The summed E-state index contributed by atoms with van der Waals surface area (Å²) in [6.45, 7) is 1.50. The minimum Gasteiger partial charge on any atom is -0.632 e. The van der Waals surface area contributed by atoms with Crippen LogP contribution >= 0.6 is 0 Å². The van der Waals surface area contributed by atoms with E-state index in [2.05, 4.69) is 0 Å². The molecular weight excluding hydrogens is 418 g/mol. The van der Waals surface area contributed by atoms with Gasteiger partial charge in [0.05, 0.1) is 25.1 Å². The van der Waals surface area contributed by atoms with Gasteiger partial charge in [-0.15, -0.1) is 0 Å². The highest BCUT2D eigenvalue weighted by atomic mass is 16.6. The molecule has 2 aromatic carbocycles. The van der Waals surface area contributed by atoms with Crippen LogP contribution in [-0.4, -0.2) is 46.4 Å². The number of likely N-dealkylation sites (tertiary alicyclic amines) is 1. The van der Waals surface area contributed by atoms with E-state index in [0.717, 1.165) is 29.5 Å². The average molecular weight is 448 g/mol. The third-order valence-electron chi connectivity index (χ3n) is 9.15. The zero-order chi connectivity index (χ0) is 22.4. The molecule has 1 unspecified atom stereocenters. The van der Waals surface area contributed by atoms with E-state index in [4.69, 9.17) is 9.47 Å². The molecule has 0 amide bonds. The summed E-state index contributed by atoms with van der Waals surface area (Å²) in [5, 5.41) is 25.2. The second kappa shape index (κ2) is 6.59. The zero-order valence-electron chi connectivity index (χ0n) is 18.7. The predicted molar refractivity (Wildman–Crippen MR) is 121 cm³/mol. The maximum absolute atomic E-state index is 14.5. The third-order valence-corrected chi connectivity index (χ3v) is 9.15. The number of ether oxygens (including phenoxy) is 2. The minimum atomic E-state index is -0.789. The molecule has 5 aliphatic rings. The normalized spacial score (nSPS) is 38.0. The second-order valence-electron chi connectivity index (χ2n) is 10.8. The average Bonchev–Trinajstić information content (AvgIpc) is 3.55. The molecule has 172 valence electrons. The number of benzene rings is 2. The van der Waals surface area contributed by atoms with E-state index in [9.17, 15) is 15.1 Å². The molecule has 3 aliphatic carbocycles. The fourth-order valence-corrected chi connectivity index (χ4v) is 7.59. The molecule has 2 saturated carbocycles. The van der Waals surface area contributed by atoms with Crippen molar-refractivity contribution >= 4 is 5.78 Å². The van der Waals surface area contributed by atoms with Gasteiger partial charge in [-0.2, -0.15) is 0 Å². The Labute approximate surface area is 193 Å². The standard InChI is InChI=1S/C27H29NO5/c29-20-9-8-19-14-22-27(32-16-18-4-2-1-3-5-18)11-10-21(30)25-26(27,23(19)24(20)33-25)12-13-28(22,31)15-17-6-7-17/h1-5,8-9,17,22,25,29H,6-7,10-16H2/t22-,25+,26+,27-,28?/m1/s1. The van der Waals surface area contributed by atoms with E-state index in [-0.39, 0.29) is 22.2 Å². The molecule has 7 rings (SSSR count). The van der Waals surface area contributed by atoms with Crippen LogP contribution < -0.4 is 4.74 Å². The molecule has 5 atom stereocenters. The van der Waals surface area contributed by atoms with Crippen LogP contribution in [0.3, 0.4) is 0 Å². The van der Waals surface area contributed by atoms with Crippen LogP contribution in [0.15, 0.2) is 42.5 Å². The van der Waals surface area contributed by atoms with E-state index in [1.54, 1.807) is 6.07 Å². The van der Waals surface area contributed by atoms with Gasteiger partial charge in [-0.3, -0.25) is 4.79 Å². The summed E-state index contributed by atoms with van der Waals surface area (Å²) >= 11 is 0. The van der Waals surface area contributed by atoms with Gasteiger partial charge in [0.1, 0.15) is 11.6 Å². The summed E-state index contributed by atoms with van der Waals surface area (Å²) in [4.78, 5) is 13.3. The monoisotopic (exact) mass is 447 g/mol. The Morgan fingerprint density at radius 1 is 1.15 bits per heavy atom. The van der Waals surface area contributed by atoms with Gasteiger partial charge < -0.3 is 24.4 Å². The van der Waals surface area contributed by atoms with Gasteiger partial charge in [0.25, 0.3) is 0 Å². The van der Waals surface area contributed by atoms with E-state index in [0.29, 0.717) is 57.0 Å². The number of ketones is 1. The molecule has 2 bridgehead atoms. The van der Waals surface area contributed by atoms with Gasteiger partial charge in [-0.25, -0.2) is 0 Å². The molecule has 0 radical (unpaired) electrons. The fourth-order valence-electron chi connectivity index (χ4n) is 7.59. The summed E-state index contributed by atoms with van der Waals surface area (Å²) in [5.74, 6) is 1.07. The Balaban J connectivity index is 1.43. The maximum Gasteiger partial charge on any atom is 0.174 e. The SMILES string of the molecule is O=C1CC[C@@]2(OCc3ccccc3)[C@H]3Cc4ccc(O)c5c4[C@@]2(CC[N+]3([O-])CC2CC2)[C@H]1O5. The first-order valence-corrected chi connectivity index (χ1v) is 12.3. The topological polar surface area (TPSA) is 78.8 Å². The molecule has 6 heteroatoms. The quantitative estimate of drug-likeness (QED) is 0.558. The summed E-state index contributed by atoms with van der Waals surface area (Å²) < 4.78 is 13.0. The number of quaternary nitrogens is 1. The lowest BCUT2D eigenvalue weighted by Crippen LogP contribution is -2.81. The Morgan fingerprint density at radius 2 is 1.97 bits per heavy atom. The molecule has 2 aromatic rings. The lowest BCUT2D eigenvalue weighted by atomic mass is 9.48. The molecule has 2 aliphatic heterocycles. The van der Waals surface area contributed by atoms with Gasteiger partial charge in [-0.05, 0) is 36.5 Å². The van der Waals surface area contributed by atoms with Crippen LogP contribution in [0, 0.1) is 11.1 Å². The van der Waals surface area contributed by atoms with Crippen LogP contribution in [0.4, 0.5) is 0 Å². The molecular formula is C27H29NO5. The summed E-state index contributed by atoms with van der Waals surface area (Å²) in [6, 6.07) is 13.4. The van der Waals surface area contributed by atoms with Crippen molar-refractivity contribution < 1.29 is 24.0 Å². The largest absolute Gasteiger partial charge is 0.632 e. The first kappa shape index (κ1) is 20.0. The van der Waals surface area contributed by atoms with Crippen molar-refractivity contribution in [1.29, 1.82) is 0 Å². The number of rotatable bonds is 5. The smallest absolute Gasteiger partial charge is 0.174 e. The van der Waals surface area contributed by atoms with Gasteiger partial charge in [0, 0.05) is 30.7 Å². The molecule has 1 saturated heterocycles. The van der Waals surface area contributed by atoms with Crippen molar-refractivity contribution in [2.75, 3.05) is 13.1 Å². The number of hydroxylamine groups is 3. The van der Waals surface area contributed by atoms with E-state index in [1.807, 2.05) is 36.4 Å². The summed E-state index contributed by atoms with van der Waals surface area (Å²) in [5.41, 5.74) is 1.53. The number of phenolic OH excluding ortho intramolecular Hbond substituents is 1. The first-order chi connectivity index (χ1) is 16.0. The van der Waals surface area contributed by atoms with Gasteiger partial charge in [0.2, 0.25) is 0 Å². The van der Waals surface area contributed by atoms with Crippen LogP contribution in [0.1, 0.15) is 48.8 Å². The van der Waals surface area contributed by atoms with Crippen molar-refractivity contribution in [2.45, 2.75) is 68.3 Å². The van der Waals surface area contributed by atoms with Gasteiger partial charge in [0.15, 0.2) is 23.4 Å². The molecule has 6 nitrogen and oxygen atoms in total. The van der Waals surface area contributed by atoms with Crippen molar-refractivity contribution in [3.8, 4) is 11.5 Å². The highest BCUT2D eigenvalue weighted by Gasteiger charge is 2.77. The van der Waals surface area contributed by atoms with Crippen molar-refractivity contribution in [1.82, 2.24) is 0 Å². The molecule has 33 heavy (non-hydrogen) atoms. The number of nitrogens with zero attached hydrogens (tertiary/aromatic N) is 1. The number of Topliss-reactive ketones (excluding diaryl/α,β-unsaturated/α-hetero) is 1. The summed E-state index contributed by atoms with van der Waals surface area (Å²) in [6.07, 6.45) is 3.60. The molecule has 2 heterocycles. The number of aromatic hydroxyl groups is 1. The van der Waals surface area contributed by atoms with Crippen LogP contribution in [0.5, 0.6) is 11.5 Å². The lowest BCUT2D eigenvalue weighted by Gasteiger charge is -2.68. The van der Waals surface area contributed by atoms with Crippen molar-refractivity contribution in [3.05, 3.63) is 64.4 Å². The lowest BCUT2D eigenvalue weighted by molar-refractivity contribution is -0.924. The molecule has 3 fully saturated rings. The third kappa shape index (κ3) is 2.52. The van der Waals surface area contributed by atoms with E-state index < -0.39 is 17.1 Å². The number of piperidine rings is 1. The van der Waals surface area contributed by atoms with Crippen molar-refractivity contribution in [3.63, 3.8) is 0 Å². The first-order valence-electron chi connectivity index (χ1n) is 12.3. The Kier molecular flexibility index (Phi) is 3.99. The Bertz CT molecular complexity index is 1150. The number of hydrogen-bond acceptors (Lipinski definition) is 5. The number of carbonyl (C=O) groups is 1. The molecule has 1 N–H and O–H groups in total. The Hall–Kier alpha value is -2.41. The number of carbonyl (C=O) groups excluding carboxylic acids is 1. The van der Waals surface area contributed by atoms with Crippen molar-refractivity contribution in [2.24, 2.45) is 5.92 Å². The highest BCUT2D eigenvalue weighted by Crippen LogP contribution is 2.67. The molecule has 0 aromatic heterocycles. The fraction of sp³-hybridized carbons (Fsp3) is 0.519. The summed E-state index contributed by atoms with van der Waals surface area (Å²) in [7, 11) is 0. The van der Waals surface area contributed by atoms with E-state index >= 15 is 0 Å². The number of hydrogen-bond donors (Lipinski definition) is 1. The van der Waals surface area contributed by atoms with Crippen LogP contribution in [0.25, 0.3) is 0 Å². The minimum absolute atomic E-state index is 0.0595. The zero-order valence-corrected chi connectivity index (χ0v) is 18.7. The second-order valence-corrected chi connectivity index (χ2v) is 10.8.